The van der Waals surface area contributed by atoms with Crippen LogP contribution in [0.3, 0.4) is 0 Å². The number of anilines is 1. The number of benzene rings is 2. The Morgan fingerprint density at radius 3 is 2.57 bits per heavy atom. The van der Waals surface area contributed by atoms with E-state index in [0.29, 0.717) is 35.7 Å². The van der Waals surface area contributed by atoms with Gasteiger partial charge in [-0.3, -0.25) is 9.78 Å². The summed E-state index contributed by atoms with van der Waals surface area (Å²) >= 11 is 6.35. The standard InChI is InChI=1S/C35H40ClN3O5/c1-3-4-9-44-34(42)39-35-15-19-10-23(16-35)30(24(11-19)17-35)38-31-25-12-21(22-13-27(36)33(41)29(14-22)43-2)7-8-28(25)37-18-26(31)32(40)20-5-6-20/h7-8,12-14,18-20,23-24,30,41H,3-6,9-11,15-17H2,1-2H3,(H,37,38)(H,39,42). The number of phenolic OH excluding ortho intramolecular Hbond substituents is 1. The minimum Gasteiger partial charge on any atom is -0.503 e. The number of amides is 1. The predicted octanol–water partition coefficient (Wildman–Crippen LogP) is 7.75. The van der Waals surface area contributed by atoms with Crippen LogP contribution in [0.15, 0.2) is 36.5 Å². The highest BCUT2D eigenvalue weighted by molar-refractivity contribution is 6.32. The molecule has 2 aromatic carbocycles. The molecular formula is C35H40ClN3O5. The van der Waals surface area contributed by atoms with Crippen molar-refractivity contribution in [2.45, 2.75) is 76.3 Å². The van der Waals surface area contributed by atoms with Crippen LogP contribution >= 0.6 is 11.6 Å². The molecular weight excluding hydrogens is 578 g/mol. The van der Waals surface area contributed by atoms with Crippen LogP contribution in [0.1, 0.15) is 75.1 Å². The Balaban J connectivity index is 1.23. The quantitative estimate of drug-likeness (QED) is 0.158. The van der Waals surface area contributed by atoms with Gasteiger partial charge in [-0.05, 0) is 105 Å². The Morgan fingerprint density at radius 2 is 1.86 bits per heavy atom. The molecule has 1 aromatic heterocycles. The van der Waals surface area contributed by atoms with E-state index in [1.54, 1.807) is 18.3 Å². The fraction of sp³-hybridized carbons (Fsp3) is 0.514. The summed E-state index contributed by atoms with van der Waals surface area (Å²) in [6.45, 7) is 2.54. The van der Waals surface area contributed by atoms with E-state index < -0.39 is 0 Å². The van der Waals surface area contributed by atoms with Crippen molar-refractivity contribution in [3.63, 3.8) is 0 Å². The highest BCUT2D eigenvalue weighted by atomic mass is 35.5. The fourth-order valence-corrected chi connectivity index (χ4v) is 8.53. The van der Waals surface area contributed by atoms with Gasteiger partial charge in [-0.25, -0.2) is 4.79 Å². The van der Waals surface area contributed by atoms with E-state index in [4.69, 9.17) is 26.1 Å². The number of hydrogen-bond acceptors (Lipinski definition) is 7. The molecule has 2 atom stereocenters. The van der Waals surface area contributed by atoms with Gasteiger partial charge in [-0.1, -0.05) is 31.0 Å². The molecule has 3 aromatic rings. The Kier molecular flexibility index (Phi) is 7.59. The number of phenols is 1. The number of Topliss-reactive ketones (excluding diaryl/α,β-unsaturated/α-hetero) is 1. The number of aromatic nitrogens is 1. The number of aromatic hydroxyl groups is 1. The molecule has 4 bridgehead atoms. The SMILES string of the molecule is CCCCOC(=O)NC12CC3CC(C1)C(Nc1c(C(=O)C4CC4)cnc4ccc(-c5cc(Cl)c(O)c(OC)c5)cc14)C(C3)C2. The van der Waals surface area contributed by atoms with Gasteiger partial charge in [0, 0.05) is 29.1 Å². The van der Waals surface area contributed by atoms with E-state index in [-0.39, 0.29) is 40.1 Å². The number of methoxy groups -OCH3 is 1. The largest absolute Gasteiger partial charge is 0.503 e. The molecule has 9 heteroatoms. The number of alkyl carbamates (subject to hydrolysis) is 1. The van der Waals surface area contributed by atoms with Crippen LogP contribution in [0.4, 0.5) is 10.5 Å². The number of ketones is 1. The molecule has 0 saturated heterocycles. The Bertz CT molecular complexity index is 1610. The summed E-state index contributed by atoms with van der Waals surface area (Å²) in [5.74, 6) is 1.76. The predicted molar refractivity (Wildman–Crippen MR) is 171 cm³/mol. The minimum absolute atomic E-state index is 0.0582. The van der Waals surface area contributed by atoms with Crippen LogP contribution in [0, 0.1) is 23.7 Å². The van der Waals surface area contributed by atoms with Crippen LogP contribution in [-0.2, 0) is 4.74 Å². The molecule has 1 amide bonds. The maximum atomic E-state index is 13.6. The summed E-state index contributed by atoms with van der Waals surface area (Å²) in [6, 6.07) is 9.68. The fourth-order valence-electron chi connectivity index (χ4n) is 8.32. The van der Waals surface area contributed by atoms with Gasteiger partial charge >= 0.3 is 6.09 Å². The number of fused-ring (bicyclic) bond motifs is 1. The number of hydrogen-bond donors (Lipinski definition) is 3. The number of nitrogens with one attached hydrogen (secondary N) is 2. The normalized spacial score (nSPS) is 26.9. The lowest BCUT2D eigenvalue weighted by molar-refractivity contribution is -0.0286. The summed E-state index contributed by atoms with van der Waals surface area (Å²) in [5.41, 5.74) is 3.77. The molecule has 2 unspecified atom stereocenters. The third kappa shape index (κ3) is 5.35. The van der Waals surface area contributed by atoms with Crippen LogP contribution in [0.5, 0.6) is 11.5 Å². The topological polar surface area (TPSA) is 110 Å². The Labute approximate surface area is 262 Å². The molecule has 5 fully saturated rings. The van der Waals surface area contributed by atoms with Gasteiger partial charge in [0.15, 0.2) is 17.3 Å². The average molecular weight is 618 g/mol. The number of rotatable bonds is 10. The minimum atomic E-state index is -0.291. The molecule has 0 spiro atoms. The molecule has 0 aliphatic heterocycles. The maximum Gasteiger partial charge on any atom is 0.407 e. The van der Waals surface area contributed by atoms with Crippen molar-refractivity contribution in [2.75, 3.05) is 19.0 Å². The van der Waals surface area contributed by atoms with E-state index in [9.17, 15) is 14.7 Å². The van der Waals surface area contributed by atoms with Crippen LogP contribution in [-0.4, -0.2) is 47.3 Å². The second-order valence-corrected chi connectivity index (χ2v) is 13.9. The van der Waals surface area contributed by atoms with Gasteiger partial charge in [0.2, 0.25) is 0 Å². The van der Waals surface area contributed by atoms with Gasteiger partial charge in [0.1, 0.15) is 0 Å². The highest BCUT2D eigenvalue weighted by Crippen LogP contribution is 2.57. The van der Waals surface area contributed by atoms with E-state index in [2.05, 4.69) is 23.6 Å². The van der Waals surface area contributed by atoms with Gasteiger partial charge < -0.3 is 25.2 Å². The van der Waals surface area contributed by atoms with E-state index in [1.807, 2.05) is 12.1 Å². The maximum absolute atomic E-state index is 13.6. The molecule has 8 nitrogen and oxygen atoms in total. The van der Waals surface area contributed by atoms with Crippen molar-refractivity contribution >= 4 is 40.1 Å². The van der Waals surface area contributed by atoms with Crippen molar-refractivity contribution in [1.29, 1.82) is 0 Å². The van der Waals surface area contributed by atoms with Crippen molar-refractivity contribution in [3.05, 3.63) is 47.1 Å². The van der Waals surface area contributed by atoms with E-state index >= 15 is 0 Å². The van der Waals surface area contributed by atoms with Gasteiger partial charge in [0.05, 0.1) is 35.5 Å². The first-order valence-electron chi connectivity index (χ1n) is 16.0. The van der Waals surface area contributed by atoms with Crippen molar-refractivity contribution in [2.24, 2.45) is 23.7 Å². The van der Waals surface area contributed by atoms with E-state index in [0.717, 1.165) is 85.5 Å². The Morgan fingerprint density at radius 1 is 1.09 bits per heavy atom. The van der Waals surface area contributed by atoms with Gasteiger partial charge in [-0.2, -0.15) is 0 Å². The smallest absolute Gasteiger partial charge is 0.407 e. The summed E-state index contributed by atoms with van der Waals surface area (Å²) in [4.78, 5) is 31.1. The zero-order valence-corrected chi connectivity index (χ0v) is 26.1. The number of unbranched alkanes of at least 4 members (excludes halogenated alkanes) is 1. The zero-order valence-electron chi connectivity index (χ0n) is 25.3. The lowest BCUT2D eigenvalue weighted by Crippen LogP contribution is -2.65. The number of carbonyl (C=O) groups excluding carboxylic acids is 2. The summed E-state index contributed by atoms with van der Waals surface area (Å²) in [5, 5.41) is 18.6. The summed E-state index contributed by atoms with van der Waals surface area (Å²) < 4.78 is 10.9. The van der Waals surface area contributed by atoms with Crippen LogP contribution in [0.2, 0.25) is 5.02 Å². The number of ether oxygens (including phenoxy) is 2. The molecule has 44 heavy (non-hydrogen) atoms. The second-order valence-electron chi connectivity index (χ2n) is 13.5. The number of carbonyl (C=O) groups is 2. The highest BCUT2D eigenvalue weighted by Gasteiger charge is 2.56. The first-order valence-corrected chi connectivity index (χ1v) is 16.4. The molecule has 5 aliphatic rings. The summed E-state index contributed by atoms with van der Waals surface area (Å²) in [7, 11) is 1.50. The Hall–Kier alpha value is -3.52. The van der Waals surface area contributed by atoms with Crippen molar-refractivity contribution in [1.82, 2.24) is 10.3 Å². The molecule has 3 N–H and O–H groups in total. The molecule has 232 valence electrons. The van der Waals surface area contributed by atoms with Crippen molar-refractivity contribution in [3.8, 4) is 22.6 Å². The van der Waals surface area contributed by atoms with Crippen molar-refractivity contribution < 1.29 is 24.2 Å². The lowest BCUT2D eigenvalue weighted by atomic mass is 9.51. The monoisotopic (exact) mass is 617 g/mol. The second kappa shape index (κ2) is 11.4. The zero-order chi connectivity index (χ0) is 30.6. The number of halogens is 1. The molecule has 5 saturated carbocycles. The molecule has 1 heterocycles. The van der Waals surface area contributed by atoms with Crippen LogP contribution in [0.25, 0.3) is 22.0 Å². The molecule has 8 rings (SSSR count). The molecule has 0 radical (unpaired) electrons. The van der Waals surface area contributed by atoms with E-state index in [1.165, 1.54) is 7.11 Å². The third-order valence-electron chi connectivity index (χ3n) is 10.3. The number of pyridine rings is 1. The first kappa shape index (κ1) is 29.2. The average Bonchev–Trinajstić information content (AvgIpc) is 3.85. The molecule has 5 aliphatic carbocycles. The van der Waals surface area contributed by atoms with Gasteiger partial charge in [0.25, 0.3) is 0 Å². The first-order chi connectivity index (χ1) is 21.3. The number of nitrogens with zero attached hydrogens (tertiary/aromatic N) is 1. The summed E-state index contributed by atoms with van der Waals surface area (Å²) in [6.07, 6.45) is 10.2. The van der Waals surface area contributed by atoms with Gasteiger partial charge in [-0.15, -0.1) is 0 Å². The third-order valence-corrected chi connectivity index (χ3v) is 10.6. The lowest BCUT2D eigenvalue weighted by Gasteiger charge is -2.60. The van der Waals surface area contributed by atoms with Crippen LogP contribution < -0.4 is 15.4 Å².